The van der Waals surface area contributed by atoms with Crippen molar-refractivity contribution < 1.29 is 19.6 Å². The number of rotatable bonds is 6. The molecule has 114 valence electrons. The molecule has 0 bridgehead atoms. The number of hydrogen-bond donors (Lipinski definition) is 2. The van der Waals surface area contributed by atoms with Crippen LogP contribution in [0.1, 0.15) is 17.3 Å². The Morgan fingerprint density at radius 1 is 1.48 bits per heavy atom. The van der Waals surface area contributed by atoms with Crippen molar-refractivity contribution in [3.05, 3.63) is 32.8 Å². The summed E-state index contributed by atoms with van der Waals surface area (Å²) in [5, 5.41) is 22.3. The summed E-state index contributed by atoms with van der Waals surface area (Å²) in [6.45, 7) is 1.92. The third-order valence-corrected chi connectivity index (χ3v) is 3.09. The number of non-ortho nitro benzene ring substituents is 1. The molecule has 0 radical (unpaired) electrons. The predicted molar refractivity (Wildman–Crippen MR) is 77.0 cm³/mol. The summed E-state index contributed by atoms with van der Waals surface area (Å²) in [6.07, 6.45) is 0. The second-order valence-corrected chi connectivity index (χ2v) is 4.48. The number of aromatic carboxylic acids is 1. The van der Waals surface area contributed by atoms with E-state index in [0.29, 0.717) is 6.54 Å². The van der Waals surface area contributed by atoms with Gasteiger partial charge >= 0.3 is 5.97 Å². The Labute approximate surface area is 125 Å². The minimum atomic E-state index is -1.36. The Kier molecular flexibility index (Phi) is 5.48. The van der Waals surface area contributed by atoms with Gasteiger partial charge in [0.15, 0.2) is 0 Å². The van der Waals surface area contributed by atoms with Crippen LogP contribution in [0.4, 0.5) is 11.4 Å². The Morgan fingerprint density at radius 3 is 2.52 bits per heavy atom. The maximum atomic E-state index is 11.5. The molecule has 0 saturated carbocycles. The number of halogens is 1. The summed E-state index contributed by atoms with van der Waals surface area (Å²) < 4.78 is 0. The van der Waals surface area contributed by atoms with Gasteiger partial charge < -0.3 is 15.3 Å². The Hall–Kier alpha value is -2.35. The average Bonchev–Trinajstić information content (AvgIpc) is 2.43. The molecule has 8 nitrogen and oxygen atoms in total. The minimum Gasteiger partial charge on any atom is -0.478 e. The van der Waals surface area contributed by atoms with Gasteiger partial charge in [-0.1, -0.05) is 11.6 Å². The lowest BCUT2D eigenvalue weighted by atomic mass is 10.1. The van der Waals surface area contributed by atoms with E-state index in [1.54, 1.807) is 6.92 Å². The molecule has 0 aliphatic rings. The number of carbonyl (C=O) groups excluding carboxylic acids is 1. The van der Waals surface area contributed by atoms with Crippen molar-refractivity contribution in [3.63, 3.8) is 0 Å². The first-order valence-electron chi connectivity index (χ1n) is 5.98. The highest BCUT2D eigenvalue weighted by Crippen LogP contribution is 2.34. The van der Waals surface area contributed by atoms with Crippen molar-refractivity contribution in [2.75, 3.05) is 25.0 Å². The number of carboxylic acid groups (broad SMARTS) is 1. The van der Waals surface area contributed by atoms with Gasteiger partial charge in [0.25, 0.3) is 5.69 Å². The topological polar surface area (TPSA) is 113 Å². The maximum absolute atomic E-state index is 11.5. The van der Waals surface area contributed by atoms with E-state index < -0.39 is 16.6 Å². The quantitative estimate of drug-likeness (QED) is 0.608. The molecule has 0 aliphatic carbocycles. The number of benzene rings is 1. The number of anilines is 1. The first-order chi connectivity index (χ1) is 9.81. The standard InChI is InChI=1S/C12H14ClN3O5/c1-3-15(6-10(17)14-2)11-8(12(18)19)4-7(16(20)21)5-9(11)13/h4-5H,3,6H2,1-2H3,(H,14,17)(H,18,19). The fraction of sp³-hybridized carbons (Fsp3) is 0.333. The SMILES string of the molecule is CCN(CC(=O)NC)c1c(Cl)cc([N+](=O)[O-])cc1C(=O)O. The van der Waals surface area contributed by atoms with Gasteiger partial charge in [-0.2, -0.15) is 0 Å². The molecule has 0 heterocycles. The highest BCUT2D eigenvalue weighted by Gasteiger charge is 2.24. The van der Waals surface area contributed by atoms with E-state index >= 15 is 0 Å². The Bertz CT molecular complexity index is 591. The number of nitrogens with zero attached hydrogens (tertiary/aromatic N) is 2. The molecule has 0 fully saturated rings. The van der Waals surface area contributed by atoms with E-state index in [1.165, 1.54) is 11.9 Å². The molecular weight excluding hydrogens is 302 g/mol. The van der Waals surface area contributed by atoms with E-state index in [4.69, 9.17) is 11.6 Å². The van der Waals surface area contributed by atoms with Crippen LogP contribution < -0.4 is 10.2 Å². The molecule has 21 heavy (non-hydrogen) atoms. The smallest absolute Gasteiger partial charge is 0.338 e. The third-order valence-electron chi connectivity index (χ3n) is 2.80. The number of nitro groups is 1. The number of nitrogens with one attached hydrogen (secondary N) is 1. The molecule has 0 aromatic heterocycles. The highest BCUT2D eigenvalue weighted by atomic mass is 35.5. The lowest BCUT2D eigenvalue weighted by Crippen LogP contribution is -2.36. The van der Waals surface area contributed by atoms with Crippen molar-refractivity contribution >= 4 is 34.9 Å². The highest BCUT2D eigenvalue weighted by molar-refractivity contribution is 6.34. The van der Waals surface area contributed by atoms with Gasteiger partial charge in [-0.25, -0.2) is 4.79 Å². The van der Waals surface area contributed by atoms with Gasteiger partial charge in [0, 0.05) is 25.7 Å². The van der Waals surface area contributed by atoms with Gasteiger partial charge in [-0.15, -0.1) is 0 Å². The summed E-state index contributed by atoms with van der Waals surface area (Å²) >= 11 is 5.98. The van der Waals surface area contributed by atoms with E-state index in [-0.39, 0.29) is 28.7 Å². The van der Waals surface area contributed by atoms with Crippen LogP contribution in [0.15, 0.2) is 12.1 Å². The number of nitro benzene ring substituents is 1. The molecule has 1 aromatic carbocycles. The van der Waals surface area contributed by atoms with Crippen molar-refractivity contribution in [2.24, 2.45) is 0 Å². The Morgan fingerprint density at radius 2 is 2.10 bits per heavy atom. The second-order valence-electron chi connectivity index (χ2n) is 4.07. The van der Waals surface area contributed by atoms with Gasteiger partial charge in [0.05, 0.1) is 27.7 Å². The van der Waals surface area contributed by atoms with Crippen molar-refractivity contribution in [2.45, 2.75) is 6.92 Å². The zero-order valence-electron chi connectivity index (χ0n) is 11.4. The number of carboxylic acids is 1. The molecular formula is C12H14ClN3O5. The summed E-state index contributed by atoms with van der Waals surface area (Å²) in [5.74, 6) is -1.69. The van der Waals surface area contributed by atoms with Crippen molar-refractivity contribution in [1.29, 1.82) is 0 Å². The minimum absolute atomic E-state index is 0.0841. The third kappa shape index (κ3) is 3.82. The maximum Gasteiger partial charge on any atom is 0.338 e. The molecule has 0 spiro atoms. The molecule has 0 saturated heterocycles. The van der Waals surface area contributed by atoms with Crippen LogP contribution in [0.3, 0.4) is 0 Å². The fourth-order valence-electron chi connectivity index (χ4n) is 1.78. The number of carbonyl (C=O) groups is 2. The van der Waals surface area contributed by atoms with Crippen molar-refractivity contribution in [1.82, 2.24) is 5.32 Å². The molecule has 0 atom stereocenters. The first-order valence-corrected chi connectivity index (χ1v) is 6.36. The first kappa shape index (κ1) is 16.7. The molecule has 1 amide bonds. The summed E-state index contributed by atoms with van der Waals surface area (Å²) in [5.41, 5.74) is -0.655. The van der Waals surface area contributed by atoms with Crippen LogP contribution in [-0.2, 0) is 4.79 Å². The number of hydrogen-bond acceptors (Lipinski definition) is 5. The second kappa shape index (κ2) is 6.89. The van der Waals surface area contributed by atoms with Crippen molar-refractivity contribution in [3.8, 4) is 0 Å². The normalized spacial score (nSPS) is 10.0. The fourth-order valence-corrected chi connectivity index (χ4v) is 2.11. The van der Waals surface area contributed by atoms with E-state index in [0.717, 1.165) is 12.1 Å². The van der Waals surface area contributed by atoms with E-state index in [1.807, 2.05) is 0 Å². The van der Waals surface area contributed by atoms with E-state index in [2.05, 4.69) is 5.32 Å². The summed E-state index contributed by atoms with van der Waals surface area (Å²) in [6, 6.07) is 1.99. The van der Waals surface area contributed by atoms with Gasteiger partial charge in [0.2, 0.25) is 5.91 Å². The van der Waals surface area contributed by atoms with Crippen LogP contribution in [-0.4, -0.2) is 42.0 Å². The van der Waals surface area contributed by atoms with Crippen LogP contribution in [0.2, 0.25) is 5.02 Å². The average molecular weight is 316 g/mol. The Balaban J connectivity index is 3.41. The molecule has 0 aliphatic heterocycles. The molecule has 0 unspecified atom stereocenters. The van der Waals surface area contributed by atoms with Gasteiger partial charge in [-0.05, 0) is 6.92 Å². The van der Waals surface area contributed by atoms with E-state index in [9.17, 15) is 24.8 Å². The summed E-state index contributed by atoms with van der Waals surface area (Å²) in [4.78, 5) is 34.3. The monoisotopic (exact) mass is 315 g/mol. The van der Waals surface area contributed by atoms with Crippen LogP contribution >= 0.6 is 11.6 Å². The largest absolute Gasteiger partial charge is 0.478 e. The zero-order valence-corrected chi connectivity index (χ0v) is 12.2. The van der Waals surface area contributed by atoms with Crippen LogP contribution in [0, 0.1) is 10.1 Å². The van der Waals surface area contributed by atoms with Crippen LogP contribution in [0.5, 0.6) is 0 Å². The molecule has 9 heteroatoms. The zero-order chi connectivity index (χ0) is 16.2. The predicted octanol–water partition coefficient (Wildman–Crippen LogP) is 1.52. The molecule has 1 aromatic rings. The molecule has 1 rings (SSSR count). The molecule has 2 N–H and O–H groups in total. The van der Waals surface area contributed by atoms with Gasteiger partial charge in [-0.3, -0.25) is 14.9 Å². The van der Waals surface area contributed by atoms with Gasteiger partial charge in [0.1, 0.15) is 0 Å². The van der Waals surface area contributed by atoms with Crippen LogP contribution in [0.25, 0.3) is 0 Å². The summed E-state index contributed by atoms with van der Waals surface area (Å²) in [7, 11) is 1.45. The number of likely N-dealkylation sites (N-methyl/N-ethyl adjacent to an activating group) is 2. The number of amides is 1. The lowest BCUT2D eigenvalue weighted by molar-refractivity contribution is -0.384. The lowest BCUT2D eigenvalue weighted by Gasteiger charge is -2.24.